The normalized spacial score (nSPS) is 12.1. The quantitative estimate of drug-likeness (QED) is 0.452. The zero-order chi connectivity index (χ0) is 21.4. The second-order valence-electron chi connectivity index (χ2n) is 7.11. The van der Waals surface area contributed by atoms with Gasteiger partial charge in [0.25, 0.3) is 5.56 Å². The minimum Gasteiger partial charge on any atom is -0.324 e. The van der Waals surface area contributed by atoms with Gasteiger partial charge in [0.1, 0.15) is 10.9 Å². The Morgan fingerprint density at radius 3 is 2.60 bits per heavy atom. The van der Waals surface area contributed by atoms with Crippen LogP contribution in [0.5, 0.6) is 0 Å². The second kappa shape index (κ2) is 8.05. The van der Waals surface area contributed by atoms with Crippen molar-refractivity contribution in [3.8, 4) is 11.1 Å². The maximum atomic E-state index is 13.4. The molecule has 1 unspecified atom stereocenters. The molecule has 5 nitrogen and oxygen atoms in total. The summed E-state index contributed by atoms with van der Waals surface area (Å²) < 4.78 is 1.39. The standard InChI is InChI=1S/C23H20ClN3O2S/c1-13-17(24)10-7-11-18(13)26-21(28)14(2)27-12-25-22-20(23(27)29)19(15(3)30-22)16-8-5-4-6-9-16/h4-12,14H,1-3H3,(H,26,28). The number of carbonyl (C=O) groups is 1. The van der Waals surface area contributed by atoms with Crippen molar-refractivity contribution in [1.82, 2.24) is 9.55 Å². The highest BCUT2D eigenvalue weighted by Crippen LogP contribution is 2.35. The zero-order valence-corrected chi connectivity index (χ0v) is 18.3. The summed E-state index contributed by atoms with van der Waals surface area (Å²) in [5, 5.41) is 3.99. The molecular weight excluding hydrogens is 418 g/mol. The molecule has 152 valence electrons. The topological polar surface area (TPSA) is 64.0 Å². The minimum absolute atomic E-state index is 0.228. The van der Waals surface area contributed by atoms with Gasteiger partial charge in [0.15, 0.2) is 0 Å². The number of aromatic nitrogens is 2. The van der Waals surface area contributed by atoms with Crippen LogP contribution in [0.4, 0.5) is 5.69 Å². The zero-order valence-electron chi connectivity index (χ0n) is 16.8. The third-order valence-electron chi connectivity index (χ3n) is 5.20. The summed E-state index contributed by atoms with van der Waals surface area (Å²) in [5.74, 6) is -0.308. The predicted molar refractivity (Wildman–Crippen MR) is 124 cm³/mol. The molecule has 1 amide bonds. The van der Waals surface area contributed by atoms with Gasteiger partial charge in [-0.15, -0.1) is 11.3 Å². The summed E-state index contributed by atoms with van der Waals surface area (Å²) in [5.41, 5.74) is 3.01. The number of aryl methyl sites for hydroxylation is 1. The first-order valence-electron chi connectivity index (χ1n) is 9.50. The minimum atomic E-state index is -0.739. The monoisotopic (exact) mass is 437 g/mol. The van der Waals surface area contributed by atoms with Gasteiger partial charge in [-0.2, -0.15) is 0 Å². The van der Waals surface area contributed by atoms with Gasteiger partial charge in [-0.25, -0.2) is 4.98 Å². The second-order valence-corrected chi connectivity index (χ2v) is 8.72. The Balaban J connectivity index is 1.76. The summed E-state index contributed by atoms with van der Waals surface area (Å²) >= 11 is 7.63. The number of amides is 1. The number of fused-ring (bicyclic) bond motifs is 1. The number of anilines is 1. The molecule has 0 saturated heterocycles. The number of hydrogen-bond acceptors (Lipinski definition) is 4. The van der Waals surface area contributed by atoms with Crippen LogP contribution in [0.15, 0.2) is 59.7 Å². The fraction of sp³-hybridized carbons (Fsp3) is 0.174. The van der Waals surface area contributed by atoms with Crippen LogP contribution in [0.2, 0.25) is 5.02 Å². The fourth-order valence-corrected chi connectivity index (χ4v) is 4.63. The lowest BCUT2D eigenvalue weighted by Gasteiger charge is -2.16. The average molecular weight is 438 g/mol. The van der Waals surface area contributed by atoms with Crippen LogP contribution < -0.4 is 10.9 Å². The Morgan fingerprint density at radius 1 is 1.13 bits per heavy atom. The van der Waals surface area contributed by atoms with Crippen LogP contribution in [0.3, 0.4) is 0 Å². The number of halogens is 1. The number of thiophene rings is 1. The Hall–Kier alpha value is -2.96. The summed E-state index contributed by atoms with van der Waals surface area (Å²) in [6.07, 6.45) is 1.45. The summed E-state index contributed by atoms with van der Waals surface area (Å²) in [6.45, 7) is 5.50. The lowest BCUT2D eigenvalue weighted by molar-refractivity contribution is -0.118. The number of benzene rings is 2. The van der Waals surface area contributed by atoms with Gasteiger partial charge in [-0.1, -0.05) is 48.0 Å². The van der Waals surface area contributed by atoms with Crippen molar-refractivity contribution in [2.45, 2.75) is 26.8 Å². The molecule has 0 aliphatic heterocycles. The van der Waals surface area contributed by atoms with E-state index in [9.17, 15) is 9.59 Å². The number of carbonyl (C=O) groups excluding carboxylic acids is 1. The summed E-state index contributed by atoms with van der Waals surface area (Å²) in [4.78, 5) is 32.4. The van der Waals surface area contributed by atoms with E-state index in [1.807, 2.05) is 44.2 Å². The van der Waals surface area contributed by atoms with Gasteiger partial charge in [0.05, 0.1) is 11.7 Å². The molecule has 2 heterocycles. The van der Waals surface area contributed by atoms with E-state index in [1.165, 1.54) is 22.2 Å². The van der Waals surface area contributed by atoms with Crippen LogP contribution in [-0.2, 0) is 4.79 Å². The molecule has 0 aliphatic carbocycles. The van der Waals surface area contributed by atoms with Crippen LogP contribution in [0.1, 0.15) is 23.4 Å². The number of hydrogen-bond donors (Lipinski definition) is 1. The molecule has 0 saturated carbocycles. The highest BCUT2D eigenvalue weighted by molar-refractivity contribution is 7.19. The summed E-state index contributed by atoms with van der Waals surface area (Å²) in [6, 6.07) is 14.4. The van der Waals surface area contributed by atoms with E-state index in [1.54, 1.807) is 25.1 Å². The van der Waals surface area contributed by atoms with Crippen LogP contribution in [0.25, 0.3) is 21.3 Å². The lowest BCUT2D eigenvalue weighted by atomic mass is 10.0. The van der Waals surface area contributed by atoms with Crippen molar-refractivity contribution in [2.24, 2.45) is 0 Å². The Kier molecular flexibility index (Phi) is 5.45. The first-order valence-corrected chi connectivity index (χ1v) is 10.7. The number of nitrogens with zero attached hydrogens (tertiary/aromatic N) is 2. The van der Waals surface area contributed by atoms with E-state index in [0.29, 0.717) is 20.9 Å². The van der Waals surface area contributed by atoms with Gasteiger partial charge >= 0.3 is 0 Å². The van der Waals surface area contributed by atoms with Gasteiger partial charge in [-0.3, -0.25) is 14.2 Å². The lowest BCUT2D eigenvalue weighted by Crippen LogP contribution is -2.31. The van der Waals surface area contributed by atoms with Crippen LogP contribution in [-0.4, -0.2) is 15.5 Å². The first kappa shape index (κ1) is 20.3. The molecule has 4 aromatic rings. The highest BCUT2D eigenvalue weighted by atomic mass is 35.5. The maximum Gasteiger partial charge on any atom is 0.263 e. The van der Waals surface area contributed by atoms with E-state index in [4.69, 9.17) is 11.6 Å². The van der Waals surface area contributed by atoms with Crippen molar-refractivity contribution in [3.05, 3.63) is 80.7 Å². The van der Waals surface area contributed by atoms with Crippen molar-refractivity contribution in [2.75, 3.05) is 5.32 Å². The number of nitrogens with one attached hydrogen (secondary N) is 1. The molecule has 0 fully saturated rings. The molecule has 4 rings (SSSR count). The largest absolute Gasteiger partial charge is 0.324 e. The molecule has 2 aromatic carbocycles. The Bertz CT molecular complexity index is 1310. The van der Waals surface area contributed by atoms with E-state index in [0.717, 1.165) is 21.6 Å². The van der Waals surface area contributed by atoms with E-state index in [-0.39, 0.29) is 11.5 Å². The molecule has 0 bridgehead atoms. The maximum absolute atomic E-state index is 13.4. The Labute approximate surface area is 183 Å². The first-order chi connectivity index (χ1) is 14.4. The predicted octanol–water partition coefficient (Wildman–Crippen LogP) is 5.59. The number of rotatable bonds is 4. The van der Waals surface area contributed by atoms with Gasteiger partial charge in [0, 0.05) is 21.2 Å². The van der Waals surface area contributed by atoms with Crippen LogP contribution in [0, 0.1) is 13.8 Å². The van der Waals surface area contributed by atoms with Crippen molar-refractivity contribution < 1.29 is 4.79 Å². The molecular formula is C23H20ClN3O2S. The third kappa shape index (κ3) is 3.53. The van der Waals surface area contributed by atoms with Gasteiger partial charge < -0.3 is 5.32 Å². The third-order valence-corrected chi connectivity index (χ3v) is 6.62. The highest BCUT2D eigenvalue weighted by Gasteiger charge is 2.22. The fourth-order valence-electron chi connectivity index (χ4n) is 3.45. The molecule has 0 spiro atoms. The molecule has 0 aliphatic rings. The van der Waals surface area contributed by atoms with E-state index in [2.05, 4.69) is 10.3 Å². The van der Waals surface area contributed by atoms with Crippen molar-refractivity contribution >= 4 is 44.7 Å². The average Bonchev–Trinajstić information content (AvgIpc) is 3.08. The molecule has 30 heavy (non-hydrogen) atoms. The molecule has 0 radical (unpaired) electrons. The van der Waals surface area contributed by atoms with Crippen molar-refractivity contribution in [3.63, 3.8) is 0 Å². The molecule has 7 heteroatoms. The van der Waals surface area contributed by atoms with E-state index < -0.39 is 6.04 Å². The van der Waals surface area contributed by atoms with Gasteiger partial charge in [-0.05, 0) is 44.0 Å². The van der Waals surface area contributed by atoms with Crippen molar-refractivity contribution in [1.29, 1.82) is 0 Å². The Morgan fingerprint density at radius 2 is 1.87 bits per heavy atom. The molecule has 1 atom stereocenters. The van der Waals surface area contributed by atoms with Crippen LogP contribution >= 0.6 is 22.9 Å². The smallest absolute Gasteiger partial charge is 0.263 e. The van der Waals surface area contributed by atoms with Gasteiger partial charge in [0.2, 0.25) is 5.91 Å². The molecule has 2 aromatic heterocycles. The molecule has 1 N–H and O–H groups in total. The summed E-state index contributed by atoms with van der Waals surface area (Å²) in [7, 11) is 0. The van der Waals surface area contributed by atoms with E-state index >= 15 is 0 Å². The SMILES string of the molecule is Cc1sc2ncn(C(C)C(=O)Nc3cccc(Cl)c3C)c(=O)c2c1-c1ccccc1.